The summed E-state index contributed by atoms with van der Waals surface area (Å²) in [5, 5.41) is 0. The lowest BCUT2D eigenvalue weighted by Crippen LogP contribution is -2.46. The molecular formula is C17H31NO2. The Labute approximate surface area is 124 Å². The quantitative estimate of drug-likeness (QED) is 0.792. The molecule has 0 unspecified atom stereocenters. The zero-order valence-corrected chi connectivity index (χ0v) is 13.6. The van der Waals surface area contributed by atoms with Gasteiger partial charge in [0.1, 0.15) is 0 Å². The van der Waals surface area contributed by atoms with Crippen molar-refractivity contribution in [3.63, 3.8) is 0 Å². The number of nitrogens with zero attached hydrogens (tertiary/aromatic N) is 1. The molecule has 0 radical (unpaired) electrons. The summed E-state index contributed by atoms with van der Waals surface area (Å²) >= 11 is 0. The van der Waals surface area contributed by atoms with E-state index in [-0.39, 0.29) is 0 Å². The van der Waals surface area contributed by atoms with E-state index in [1.165, 1.54) is 6.42 Å². The monoisotopic (exact) mass is 281 g/mol. The van der Waals surface area contributed by atoms with Crippen molar-refractivity contribution in [3.8, 4) is 0 Å². The Morgan fingerprint density at radius 2 is 2.00 bits per heavy atom. The maximum atomic E-state index is 12.6. The van der Waals surface area contributed by atoms with Crippen LogP contribution in [-0.4, -0.2) is 36.1 Å². The van der Waals surface area contributed by atoms with Gasteiger partial charge >= 0.3 is 0 Å². The SMILES string of the molecule is CC(C)[C@@H]1C[C@H](CC(=O)N2C[C@H](C)CC[C@@H]2C)CCO1. The van der Waals surface area contributed by atoms with Crippen LogP contribution in [0.25, 0.3) is 0 Å². The van der Waals surface area contributed by atoms with Crippen LogP contribution in [0.15, 0.2) is 0 Å². The zero-order chi connectivity index (χ0) is 14.7. The minimum absolute atomic E-state index is 0.347. The van der Waals surface area contributed by atoms with E-state index in [0.717, 1.165) is 38.8 Å². The molecule has 0 bridgehead atoms. The highest BCUT2D eigenvalue weighted by Gasteiger charge is 2.31. The van der Waals surface area contributed by atoms with Gasteiger partial charge < -0.3 is 9.64 Å². The second-order valence-electron chi connectivity index (χ2n) is 7.33. The smallest absolute Gasteiger partial charge is 0.223 e. The highest BCUT2D eigenvalue weighted by molar-refractivity contribution is 5.76. The highest BCUT2D eigenvalue weighted by atomic mass is 16.5. The van der Waals surface area contributed by atoms with Gasteiger partial charge in [0, 0.05) is 25.6 Å². The van der Waals surface area contributed by atoms with Gasteiger partial charge in [0.25, 0.3) is 0 Å². The molecule has 4 atom stereocenters. The molecule has 0 aromatic rings. The van der Waals surface area contributed by atoms with Crippen molar-refractivity contribution in [2.45, 2.75) is 71.9 Å². The van der Waals surface area contributed by atoms with Crippen molar-refractivity contribution >= 4 is 5.91 Å². The Morgan fingerprint density at radius 1 is 1.25 bits per heavy atom. The molecule has 116 valence electrons. The van der Waals surface area contributed by atoms with Gasteiger partial charge in [-0.15, -0.1) is 0 Å². The third kappa shape index (κ3) is 3.97. The van der Waals surface area contributed by atoms with Crippen molar-refractivity contribution in [2.75, 3.05) is 13.2 Å². The Bertz CT molecular complexity index is 329. The summed E-state index contributed by atoms with van der Waals surface area (Å²) in [6.07, 6.45) is 5.60. The molecule has 0 aromatic carbocycles. The molecule has 2 rings (SSSR count). The average molecular weight is 281 g/mol. The molecule has 20 heavy (non-hydrogen) atoms. The molecule has 3 nitrogen and oxygen atoms in total. The van der Waals surface area contributed by atoms with Gasteiger partial charge in [-0.05, 0) is 50.4 Å². The third-order valence-corrected chi connectivity index (χ3v) is 5.07. The van der Waals surface area contributed by atoms with Gasteiger partial charge in [-0.2, -0.15) is 0 Å². The van der Waals surface area contributed by atoms with Crippen LogP contribution in [0.2, 0.25) is 0 Å². The summed E-state index contributed by atoms with van der Waals surface area (Å²) in [5.74, 6) is 2.11. The molecule has 2 heterocycles. The molecule has 0 N–H and O–H groups in total. The molecule has 2 saturated heterocycles. The number of likely N-dealkylation sites (tertiary alicyclic amines) is 1. The van der Waals surface area contributed by atoms with Crippen LogP contribution in [0, 0.1) is 17.8 Å². The summed E-state index contributed by atoms with van der Waals surface area (Å²) in [7, 11) is 0. The van der Waals surface area contributed by atoms with Crippen LogP contribution >= 0.6 is 0 Å². The maximum Gasteiger partial charge on any atom is 0.223 e. The molecule has 2 fully saturated rings. The van der Waals surface area contributed by atoms with E-state index < -0.39 is 0 Å². The molecule has 2 aliphatic heterocycles. The predicted octanol–water partition coefficient (Wildman–Crippen LogP) is 3.47. The van der Waals surface area contributed by atoms with E-state index in [0.29, 0.717) is 35.8 Å². The lowest BCUT2D eigenvalue weighted by molar-refractivity contribution is -0.138. The minimum Gasteiger partial charge on any atom is -0.378 e. The number of carbonyl (C=O) groups excluding carboxylic acids is 1. The van der Waals surface area contributed by atoms with Crippen LogP contribution in [0.3, 0.4) is 0 Å². The van der Waals surface area contributed by atoms with Gasteiger partial charge in [-0.3, -0.25) is 4.79 Å². The van der Waals surface area contributed by atoms with E-state index >= 15 is 0 Å². The predicted molar refractivity (Wildman–Crippen MR) is 81.5 cm³/mol. The van der Waals surface area contributed by atoms with Crippen LogP contribution in [0.5, 0.6) is 0 Å². The van der Waals surface area contributed by atoms with Crippen LogP contribution in [-0.2, 0) is 9.53 Å². The third-order valence-electron chi connectivity index (χ3n) is 5.07. The highest BCUT2D eigenvalue weighted by Crippen LogP contribution is 2.29. The van der Waals surface area contributed by atoms with Gasteiger partial charge in [0.15, 0.2) is 0 Å². The summed E-state index contributed by atoms with van der Waals surface area (Å²) in [6.45, 7) is 10.7. The van der Waals surface area contributed by atoms with Crippen molar-refractivity contribution in [1.82, 2.24) is 4.90 Å². The zero-order valence-electron chi connectivity index (χ0n) is 13.6. The summed E-state index contributed by atoms with van der Waals surface area (Å²) in [5.41, 5.74) is 0. The second-order valence-corrected chi connectivity index (χ2v) is 7.33. The molecular weight excluding hydrogens is 250 g/mol. The first-order valence-electron chi connectivity index (χ1n) is 8.38. The molecule has 1 amide bonds. The van der Waals surface area contributed by atoms with Gasteiger partial charge in [0.05, 0.1) is 6.10 Å². The Hall–Kier alpha value is -0.570. The second kappa shape index (κ2) is 6.93. The molecule has 2 aliphatic rings. The number of amides is 1. The molecule has 0 aromatic heterocycles. The Kier molecular flexibility index (Phi) is 5.48. The molecule has 0 spiro atoms. The first-order valence-corrected chi connectivity index (χ1v) is 8.38. The summed E-state index contributed by atoms with van der Waals surface area (Å²) in [6, 6.07) is 0.430. The number of piperidine rings is 1. The summed E-state index contributed by atoms with van der Waals surface area (Å²) < 4.78 is 5.81. The molecule has 0 saturated carbocycles. The molecule has 0 aliphatic carbocycles. The van der Waals surface area contributed by atoms with Crippen molar-refractivity contribution in [3.05, 3.63) is 0 Å². The number of hydrogen-bond acceptors (Lipinski definition) is 2. The number of carbonyl (C=O) groups is 1. The minimum atomic E-state index is 0.347. The van der Waals surface area contributed by atoms with Crippen molar-refractivity contribution < 1.29 is 9.53 Å². The number of rotatable bonds is 3. The van der Waals surface area contributed by atoms with Crippen molar-refractivity contribution in [2.24, 2.45) is 17.8 Å². The lowest BCUT2D eigenvalue weighted by Gasteiger charge is -2.38. The van der Waals surface area contributed by atoms with E-state index in [2.05, 4.69) is 32.6 Å². The lowest BCUT2D eigenvalue weighted by atomic mass is 9.87. The number of hydrogen-bond donors (Lipinski definition) is 0. The van der Waals surface area contributed by atoms with Crippen LogP contribution < -0.4 is 0 Å². The van der Waals surface area contributed by atoms with E-state index in [9.17, 15) is 4.79 Å². The average Bonchev–Trinajstić information content (AvgIpc) is 2.41. The van der Waals surface area contributed by atoms with Gasteiger partial charge in [-0.1, -0.05) is 20.8 Å². The van der Waals surface area contributed by atoms with Gasteiger partial charge in [-0.25, -0.2) is 0 Å². The fourth-order valence-corrected chi connectivity index (χ4v) is 3.55. The fraction of sp³-hybridized carbons (Fsp3) is 0.941. The number of ether oxygens (including phenoxy) is 1. The van der Waals surface area contributed by atoms with E-state index in [4.69, 9.17) is 4.74 Å². The van der Waals surface area contributed by atoms with E-state index in [1.54, 1.807) is 0 Å². The molecule has 3 heteroatoms. The van der Waals surface area contributed by atoms with Crippen LogP contribution in [0.1, 0.15) is 59.8 Å². The standard InChI is InChI=1S/C17H31NO2/c1-12(2)16-9-15(7-8-20-16)10-17(19)18-11-13(3)5-6-14(18)4/h12-16H,5-11H2,1-4H3/t13-,14+,15-,16+/m1/s1. The fourth-order valence-electron chi connectivity index (χ4n) is 3.55. The first-order chi connectivity index (χ1) is 9.47. The Balaban J connectivity index is 1.87. The normalized spacial score (nSPS) is 35.4. The largest absolute Gasteiger partial charge is 0.378 e. The summed E-state index contributed by atoms with van der Waals surface area (Å²) in [4.78, 5) is 14.7. The van der Waals surface area contributed by atoms with E-state index in [1.807, 2.05) is 0 Å². The van der Waals surface area contributed by atoms with Crippen LogP contribution in [0.4, 0.5) is 0 Å². The Morgan fingerprint density at radius 3 is 2.70 bits per heavy atom. The van der Waals surface area contributed by atoms with Gasteiger partial charge in [0.2, 0.25) is 5.91 Å². The topological polar surface area (TPSA) is 29.5 Å². The maximum absolute atomic E-state index is 12.6. The van der Waals surface area contributed by atoms with Crippen molar-refractivity contribution in [1.29, 1.82) is 0 Å². The first kappa shape index (κ1) is 15.8.